The van der Waals surface area contributed by atoms with Crippen LogP contribution in [-0.4, -0.2) is 12.8 Å². The number of nitrogens with zero attached hydrogens (tertiary/aromatic N) is 1. The van der Waals surface area contributed by atoms with Gasteiger partial charge in [-0.1, -0.05) is 25.7 Å². The monoisotopic (exact) mass is 137 g/mol. The minimum absolute atomic E-state index is 0.856. The topological polar surface area (TPSA) is 12.4 Å². The third-order valence-corrected chi connectivity index (χ3v) is 1.18. The third kappa shape index (κ3) is 4.07. The molecule has 1 heteroatoms. The van der Waals surface area contributed by atoms with Gasteiger partial charge in [-0.3, -0.25) is 4.99 Å². The molecule has 0 radical (unpaired) electrons. The second-order valence-electron chi connectivity index (χ2n) is 1.96. The lowest BCUT2D eigenvalue weighted by Gasteiger charge is -1.91. The van der Waals surface area contributed by atoms with Gasteiger partial charge in [0.15, 0.2) is 0 Å². The number of rotatable bonds is 4. The molecule has 0 aliphatic carbocycles. The zero-order valence-electron chi connectivity index (χ0n) is 6.80. The van der Waals surface area contributed by atoms with Gasteiger partial charge in [0.05, 0.1) is 0 Å². The molecule has 0 N–H and O–H groups in total. The highest BCUT2D eigenvalue weighted by atomic mass is 14.7. The lowest BCUT2D eigenvalue weighted by molar-refractivity contribution is 1.12. The smallest absolute Gasteiger partial charge is 0.0361 e. The summed E-state index contributed by atoms with van der Waals surface area (Å²) in [6.45, 7) is 8.61. The third-order valence-electron chi connectivity index (χ3n) is 1.18. The van der Waals surface area contributed by atoms with Crippen LogP contribution in [0.15, 0.2) is 29.3 Å². The maximum Gasteiger partial charge on any atom is 0.0361 e. The summed E-state index contributed by atoms with van der Waals surface area (Å²) in [5.41, 5.74) is 1.23. The van der Waals surface area contributed by atoms with Crippen LogP contribution in [0.1, 0.15) is 20.3 Å². The van der Waals surface area contributed by atoms with E-state index in [1.807, 2.05) is 19.2 Å². The quantitative estimate of drug-likeness (QED) is 0.417. The first-order valence-corrected chi connectivity index (χ1v) is 3.66. The minimum Gasteiger partial charge on any atom is -0.293 e. The van der Waals surface area contributed by atoms with Crippen LogP contribution in [-0.2, 0) is 0 Å². The Bertz CT molecular complexity index is 143. The van der Waals surface area contributed by atoms with Crippen molar-refractivity contribution >= 4 is 6.21 Å². The van der Waals surface area contributed by atoms with E-state index in [0.717, 1.165) is 13.0 Å². The van der Waals surface area contributed by atoms with Gasteiger partial charge in [-0.05, 0) is 18.9 Å². The van der Waals surface area contributed by atoms with E-state index < -0.39 is 0 Å². The van der Waals surface area contributed by atoms with Gasteiger partial charge in [0.2, 0.25) is 0 Å². The molecule has 0 saturated heterocycles. The molecular weight excluding hydrogens is 122 g/mol. The van der Waals surface area contributed by atoms with Crippen molar-refractivity contribution in [2.24, 2.45) is 4.99 Å². The number of aliphatic imine (C=N–C) groups is 1. The van der Waals surface area contributed by atoms with Gasteiger partial charge in [0, 0.05) is 12.8 Å². The molecule has 0 atom stereocenters. The predicted octanol–water partition coefficient (Wildman–Crippen LogP) is 2.60. The van der Waals surface area contributed by atoms with Crippen LogP contribution < -0.4 is 0 Å². The van der Waals surface area contributed by atoms with Crippen LogP contribution in [0.25, 0.3) is 0 Å². The van der Waals surface area contributed by atoms with Gasteiger partial charge in [0.25, 0.3) is 0 Å². The van der Waals surface area contributed by atoms with E-state index in [9.17, 15) is 0 Å². The molecule has 0 spiro atoms. The molecule has 0 aromatic heterocycles. The molecule has 0 unspecified atom stereocenters. The Balaban J connectivity index is 3.94. The van der Waals surface area contributed by atoms with Crippen molar-refractivity contribution in [3.8, 4) is 0 Å². The Morgan fingerprint density at radius 1 is 1.50 bits per heavy atom. The first-order chi connectivity index (χ1) is 4.85. The summed E-state index contributed by atoms with van der Waals surface area (Å²) in [4.78, 5) is 4.12. The summed E-state index contributed by atoms with van der Waals surface area (Å²) in [5, 5.41) is 0. The molecule has 0 bridgehead atoms. The second-order valence-corrected chi connectivity index (χ2v) is 1.96. The van der Waals surface area contributed by atoms with Crippen LogP contribution in [0.3, 0.4) is 0 Å². The van der Waals surface area contributed by atoms with Crippen LogP contribution in [0.4, 0.5) is 0 Å². The molecule has 0 fully saturated rings. The lowest BCUT2D eigenvalue weighted by Crippen LogP contribution is -1.82. The first kappa shape index (κ1) is 9.15. The summed E-state index contributed by atoms with van der Waals surface area (Å²) in [5.74, 6) is 0. The molecule has 10 heavy (non-hydrogen) atoms. The van der Waals surface area contributed by atoms with Gasteiger partial charge in [0.1, 0.15) is 0 Å². The van der Waals surface area contributed by atoms with Crippen molar-refractivity contribution in [2.75, 3.05) is 6.54 Å². The molecule has 56 valence electrons. The van der Waals surface area contributed by atoms with E-state index in [-0.39, 0.29) is 0 Å². The van der Waals surface area contributed by atoms with Crippen molar-refractivity contribution < 1.29 is 0 Å². The summed E-state index contributed by atoms with van der Waals surface area (Å²) < 4.78 is 0. The fourth-order valence-corrected chi connectivity index (χ4v) is 0.612. The van der Waals surface area contributed by atoms with E-state index in [1.165, 1.54) is 5.57 Å². The van der Waals surface area contributed by atoms with Gasteiger partial charge in [-0.15, -0.1) is 0 Å². The zero-order chi connectivity index (χ0) is 7.82. The van der Waals surface area contributed by atoms with Crippen molar-refractivity contribution in [3.05, 3.63) is 24.3 Å². The van der Waals surface area contributed by atoms with E-state index in [1.54, 1.807) is 6.08 Å². The van der Waals surface area contributed by atoms with Crippen LogP contribution in [0, 0.1) is 0 Å². The summed E-state index contributed by atoms with van der Waals surface area (Å²) in [6, 6.07) is 0. The number of hydrogen-bond donors (Lipinski definition) is 0. The van der Waals surface area contributed by atoms with Crippen LogP contribution >= 0.6 is 0 Å². The molecule has 0 heterocycles. The van der Waals surface area contributed by atoms with E-state index in [4.69, 9.17) is 0 Å². The highest BCUT2D eigenvalue weighted by Crippen LogP contribution is 1.96. The molecule has 1 nitrogen and oxygen atoms in total. The Morgan fingerprint density at radius 2 is 2.20 bits per heavy atom. The van der Waals surface area contributed by atoms with Gasteiger partial charge in [-0.25, -0.2) is 0 Å². The summed E-state index contributed by atoms with van der Waals surface area (Å²) in [6.07, 6.45) is 6.71. The normalized spacial score (nSPS) is 12.4. The van der Waals surface area contributed by atoms with Gasteiger partial charge >= 0.3 is 0 Å². The van der Waals surface area contributed by atoms with Crippen molar-refractivity contribution in [3.63, 3.8) is 0 Å². The lowest BCUT2D eigenvalue weighted by atomic mass is 10.2. The van der Waals surface area contributed by atoms with Crippen LogP contribution in [0.5, 0.6) is 0 Å². The average Bonchev–Trinajstić information content (AvgIpc) is 1.98. The highest BCUT2D eigenvalue weighted by molar-refractivity contribution is 5.78. The van der Waals surface area contributed by atoms with Gasteiger partial charge < -0.3 is 0 Å². The Hall–Kier alpha value is -0.850. The molecule has 0 aromatic rings. The molecule has 0 aromatic carbocycles. The standard InChI is InChI=1S/C9H15N/c1-4-7-9(5-2)8-10-6-3/h4,7-8H,1,5-6H2,2-3H3/b9-7+,10-8-. The van der Waals surface area contributed by atoms with Crippen molar-refractivity contribution in [1.82, 2.24) is 0 Å². The van der Waals surface area contributed by atoms with Crippen molar-refractivity contribution in [1.29, 1.82) is 0 Å². The molecule has 0 aliphatic heterocycles. The molecule has 0 saturated carbocycles. The predicted molar refractivity (Wildman–Crippen MR) is 47.6 cm³/mol. The summed E-state index contributed by atoms with van der Waals surface area (Å²) in [7, 11) is 0. The fourth-order valence-electron chi connectivity index (χ4n) is 0.612. The maximum atomic E-state index is 4.12. The Kier molecular flexibility index (Phi) is 5.74. The van der Waals surface area contributed by atoms with Gasteiger partial charge in [-0.2, -0.15) is 0 Å². The van der Waals surface area contributed by atoms with E-state index in [0.29, 0.717) is 0 Å². The highest BCUT2D eigenvalue weighted by Gasteiger charge is 1.83. The summed E-state index contributed by atoms with van der Waals surface area (Å²) >= 11 is 0. The number of hydrogen-bond acceptors (Lipinski definition) is 1. The van der Waals surface area contributed by atoms with Crippen molar-refractivity contribution in [2.45, 2.75) is 20.3 Å². The van der Waals surface area contributed by atoms with E-state index in [2.05, 4.69) is 18.5 Å². The maximum absolute atomic E-state index is 4.12. The first-order valence-electron chi connectivity index (χ1n) is 3.66. The Labute approximate surface area is 63.2 Å². The molecule has 0 amide bonds. The van der Waals surface area contributed by atoms with Crippen LogP contribution in [0.2, 0.25) is 0 Å². The largest absolute Gasteiger partial charge is 0.293 e. The minimum atomic E-state index is 0.856. The second kappa shape index (κ2) is 6.27. The molecule has 0 aliphatic rings. The zero-order valence-corrected chi connectivity index (χ0v) is 6.80. The Morgan fingerprint density at radius 3 is 2.60 bits per heavy atom. The SMILES string of the molecule is C=C/C=C(/C=N\CC)CC. The number of allylic oxidation sites excluding steroid dienone is 3. The average molecular weight is 137 g/mol. The molecule has 0 rings (SSSR count). The molecular formula is C9H15N. The van der Waals surface area contributed by atoms with E-state index >= 15 is 0 Å². The fraction of sp³-hybridized carbons (Fsp3) is 0.444.